The van der Waals surface area contributed by atoms with E-state index in [0.29, 0.717) is 5.56 Å². The number of carbonyl (C=O) groups excluding carboxylic acids is 2. The summed E-state index contributed by atoms with van der Waals surface area (Å²) < 4.78 is 32.7. The third kappa shape index (κ3) is 4.51. The quantitative estimate of drug-likeness (QED) is 0.588. The van der Waals surface area contributed by atoms with E-state index in [4.69, 9.17) is 4.74 Å². The Hall–Kier alpha value is -1.20. The molecule has 145 valence electrons. The molecule has 0 aromatic heterocycles. The van der Waals surface area contributed by atoms with E-state index in [-0.39, 0.29) is 56.2 Å². The molecule has 1 aliphatic rings. The van der Waals surface area contributed by atoms with Crippen molar-refractivity contribution in [1.29, 1.82) is 0 Å². The molecule has 0 aliphatic carbocycles. The molecule has 3 rings (SSSR count). The van der Waals surface area contributed by atoms with E-state index in [1.807, 2.05) is 0 Å². The van der Waals surface area contributed by atoms with Gasteiger partial charge in [-0.2, -0.15) is 0 Å². The molecule has 1 fully saturated rings. The van der Waals surface area contributed by atoms with E-state index in [1.165, 1.54) is 6.07 Å². The summed E-state index contributed by atoms with van der Waals surface area (Å²) in [4.78, 5) is 26.3. The Morgan fingerprint density at radius 1 is 1.18 bits per heavy atom. The Bertz CT molecular complexity index is 876. The smallest absolute Gasteiger partial charge is 0.263 e. The van der Waals surface area contributed by atoms with Crippen LogP contribution in [0.3, 0.4) is 0 Å². The molecule has 1 unspecified atom stereocenters. The Kier molecular flexibility index (Phi) is 7.49. The molecule has 1 saturated heterocycles. The Labute approximate surface area is 197 Å². The summed E-state index contributed by atoms with van der Waals surface area (Å²) in [6, 6.07) is 10.3. The molecule has 1 N–H and O–H groups in total. The normalized spacial score (nSPS) is 19.7. The minimum Gasteiger partial charge on any atom is -0.378 e. The molecular formula is C20H19AcF2NO4. The molecule has 8 heteroatoms. The van der Waals surface area contributed by atoms with Gasteiger partial charge in [-0.3, -0.25) is 14.5 Å². The van der Waals surface area contributed by atoms with Crippen LogP contribution in [0.15, 0.2) is 48.5 Å². The van der Waals surface area contributed by atoms with Crippen molar-refractivity contribution in [1.82, 2.24) is 4.90 Å². The first-order valence-corrected chi connectivity index (χ1v) is 8.40. The monoisotopic (exact) mass is 602 g/mol. The number of nitrogens with zero attached hydrogens (tertiary/aromatic N) is 1. The van der Waals surface area contributed by atoms with Crippen LogP contribution >= 0.6 is 0 Å². The van der Waals surface area contributed by atoms with Gasteiger partial charge in [0.2, 0.25) is 0 Å². The maximum absolute atomic E-state index is 13.8. The number of hydrogen-bond donors (Lipinski definition) is 1. The number of imide groups is 1. The van der Waals surface area contributed by atoms with E-state index in [1.54, 1.807) is 44.2 Å². The van der Waals surface area contributed by atoms with Crippen LogP contribution in [0.2, 0.25) is 0 Å². The van der Waals surface area contributed by atoms with Gasteiger partial charge in [0.15, 0.2) is 17.7 Å². The molecule has 2 aromatic rings. The fourth-order valence-corrected chi connectivity index (χ4v) is 3.24. The van der Waals surface area contributed by atoms with Crippen LogP contribution in [0.25, 0.3) is 0 Å². The summed E-state index contributed by atoms with van der Waals surface area (Å²) in [5.41, 5.74) is -0.547. The van der Waals surface area contributed by atoms with Crippen LogP contribution in [0.1, 0.15) is 37.1 Å². The molecular weight excluding hydrogens is 583 g/mol. The SMILES string of the molecule is CC1(C)OCC(=O)N(C(=O)[C@H](O)c2ccccc2)C1c1ccc(F)c(F)c1.[Ac]. The molecule has 28 heavy (non-hydrogen) atoms. The second-order valence-corrected chi connectivity index (χ2v) is 6.88. The first-order chi connectivity index (χ1) is 12.7. The fourth-order valence-electron chi connectivity index (χ4n) is 3.24. The largest absolute Gasteiger partial charge is 0.378 e. The van der Waals surface area contributed by atoms with E-state index >= 15 is 0 Å². The second-order valence-electron chi connectivity index (χ2n) is 6.88. The molecule has 0 spiro atoms. The molecule has 0 saturated carbocycles. The van der Waals surface area contributed by atoms with Crippen molar-refractivity contribution in [2.45, 2.75) is 31.6 Å². The van der Waals surface area contributed by atoms with E-state index in [9.17, 15) is 23.5 Å². The third-order valence-electron chi connectivity index (χ3n) is 4.60. The fraction of sp³-hybridized carbons (Fsp3) is 0.300. The van der Waals surface area contributed by atoms with Gasteiger partial charge in [-0.25, -0.2) is 8.78 Å². The molecule has 1 radical (unpaired) electrons. The van der Waals surface area contributed by atoms with Crippen LogP contribution < -0.4 is 0 Å². The van der Waals surface area contributed by atoms with Crippen molar-refractivity contribution in [2.24, 2.45) is 0 Å². The van der Waals surface area contributed by atoms with Crippen molar-refractivity contribution in [2.75, 3.05) is 6.61 Å². The number of rotatable bonds is 3. The van der Waals surface area contributed by atoms with Crippen molar-refractivity contribution in [3.05, 3.63) is 71.3 Å². The van der Waals surface area contributed by atoms with E-state index < -0.39 is 41.2 Å². The van der Waals surface area contributed by atoms with Gasteiger partial charge in [-0.15, -0.1) is 0 Å². The summed E-state index contributed by atoms with van der Waals surface area (Å²) in [5, 5.41) is 10.5. The average Bonchev–Trinajstić information content (AvgIpc) is 2.65. The first-order valence-electron chi connectivity index (χ1n) is 8.40. The van der Waals surface area contributed by atoms with Crippen molar-refractivity contribution < 1.29 is 72.3 Å². The molecule has 5 nitrogen and oxygen atoms in total. The minimum absolute atomic E-state index is 0. The molecule has 0 bridgehead atoms. The van der Waals surface area contributed by atoms with Gasteiger partial charge in [0.25, 0.3) is 11.8 Å². The molecule has 1 heterocycles. The Balaban J connectivity index is 0.00000280. The topological polar surface area (TPSA) is 66.8 Å². The van der Waals surface area contributed by atoms with E-state index in [0.717, 1.165) is 17.0 Å². The third-order valence-corrected chi connectivity index (χ3v) is 4.60. The summed E-state index contributed by atoms with van der Waals surface area (Å²) in [5.74, 6) is -3.65. The van der Waals surface area contributed by atoms with Crippen LogP contribution in [0.5, 0.6) is 0 Å². The maximum Gasteiger partial charge on any atom is 0.263 e. The zero-order chi connectivity index (χ0) is 19.8. The number of aliphatic hydroxyl groups excluding tert-OH is 1. The van der Waals surface area contributed by atoms with Crippen LogP contribution in [-0.2, 0) is 14.3 Å². The zero-order valence-corrected chi connectivity index (χ0v) is 20.2. The summed E-state index contributed by atoms with van der Waals surface area (Å²) in [6.45, 7) is 2.92. The van der Waals surface area contributed by atoms with Crippen LogP contribution in [0, 0.1) is 55.7 Å². The zero-order valence-electron chi connectivity index (χ0n) is 15.4. The number of carbonyl (C=O) groups is 2. The van der Waals surface area contributed by atoms with Gasteiger partial charge in [0.1, 0.15) is 6.61 Å². The summed E-state index contributed by atoms with van der Waals surface area (Å²) in [6.07, 6.45) is -1.57. The standard InChI is InChI=1S/C20H19F2NO4.Ac/c1-20(2)18(13-8-9-14(21)15(22)10-13)23(16(24)11-27-20)19(26)17(25)12-6-4-3-5-7-12;/h3-10,17-18,25H,11H2,1-2H3;/t17-,18?;/m1./s1. The van der Waals surface area contributed by atoms with Gasteiger partial charge in [-0.05, 0) is 37.1 Å². The van der Waals surface area contributed by atoms with Crippen LogP contribution in [-0.4, -0.2) is 34.0 Å². The van der Waals surface area contributed by atoms with Crippen molar-refractivity contribution >= 4 is 11.8 Å². The molecule has 1 aliphatic heterocycles. The molecule has 2 aromatic carbocycles. The number of ether oxygens (including phenoxy) is 1. The van der Waals surface area contributed by atoms with Crippen molar-refractivity contribution in [3.8, 4) is 0 Å². The number of morpholine rings is 1. The Morgan fingerprint density at radius 3 is 2.43 bits per heavy atom. The van der Waals surface area contributed by atoms with Crippen LogP contribution in [0.4, 0.5) is 8.78 Å². The van der Waals surface area contributed by atoms with Gasteiger partial charge >= 0.3 is 0 Å². The number of halogens is 2. The van der Waals surface area contributed by atoms with Gasteiger partial charge in [0, 0.05) is 44.1 Å². The van der Waals surface area contributed by atoms with Gasteiger partial charge in [-0.1, -0.05) is 36.4 Å². The molecule has 2 amide bonds. The maximum atomic E-state index is 13.8. The second kappa shape index (κ2) is 9.08. The van der Waals surface area contributed by atoms with Gasteiger partial charge in [0.05, 0.1) is 11.6 Å². The minimum atomic E-state index is -1.57. The summed E-state index contributed by atoms with van der Waals surface area (Å²) in [7, 11) is 0. The summed E-state index contributed by atoms with van der Waals surface area (Å²) >= 11 is 0. The number of benzene rings is 2. The predicted molar refractivity (Wildman–Crippen MR) is 92.4 cm³/mol. The first kappa shape index (κ1) is 23.1. The number of aliphatic hydroxyl groups is 1. The van der Waals surface area contributed by atoms with E-state index in [2.05, 4.69) is 0 Å². The predicted octanol–water partition coefficient (Wildman–Crippen LogP) is 2.90. The number of amides is 2. The number of hydrogen-bond acceptors (Lipinski definition) is 4. The van der Waals surface area contributed by atoms with Gasteiger partial charge < -0.3 is 9.84 Å². The average molecular weight is 602 g/mol. The van der Waals surface area contributed by atoms with Crippen molar-refractivity contribution in [3.63, 3.8) is 0 Å². The Morgan fingerprint density at radius 2 is 1.82 bits per heavy atom. The molecule has 2 atom stereocenters.